The molecule has 3 aromatic rings. The number of hydrogen-bond acceptors (Lipinski definition) is 10. The van der Waals surface area contributed by atoms with E-state index < -0.39 is 15.9 Å². The summed E-state index contributed by atoms with van der Waals surface area (Å²) in [6.45, 7) is 0.665. The standard InChI is InChI=1S/C21H24FN5O5S/c1-33(28,29)32-12-10-30-9-11-31-18-7-5-16(6-8-18)26-21-24-14-19(22)20(27-21)25-17-4-2-3-15(23)13-17/h2-8,13-14H,9-12,23H2,1H3,(H2,24,25,26,27). The van der Waals surface area contributed by atoms with Crippen LogP contribution in [0.4, 0.5) is 33.2 Å². The summed E-state index contributed by atoms with van der Waals surface area (Å²) in [5, 5.41) is 5.88. The molecule has 10 nitrogen and oxygen atoms in total. The number of anilines is 5. The average molecular weight is 478 g/mol. The lowest BCUT2D eigenvalue weighted by Gasteiger charge is -2.11. The minimum atomic E-state index is -3.46. The van der Waals surface area contributed by atoms with Gasteiger partial charge >= 0.3 is 0 Å². The largest absolute Gasteiger partial charge is 0.491 e. The summed E-state index contributed by atoms with van der Waals surface area (Å²) in [5.74, 6) is 0.235. The van der Waals surface area contributed by atoms with Gasteiger partial charge in [0.1, 0.15) is 12.4 Å². The zero-order chi connectivity index (χ0) is 23.7. The van der Waals surface area contributed by atoms with Crippen LogP contribution >= 0.6 is 0 Å². The van der Waals surface area contributed by atoms with Gasteiger partial charge in [-0.25, -0.2) is 9.37 Å². The molecule has 0 bridgehead atoms. The zero-order valence-electron chi connectivity index (χ0n) is 17.8. The second-order valence-electron chi connectivity index (χ2n) is 6.78. The molecule has 0 aliphatic rings. The highest BCUT2D eigenvalue weighted by molar-refractivity contribution is 7.85. The van der Waals surface area contributed by atoms with Gasteiger partial charge in [0, 0.05) is 17.1 Å². The predicted molar refractivity (Wildman–Crippen MR) is 123 cm³/mol. The number of rotatable bonds is 12. The van der Waals surface area contributed by atoms with Crippen molar-refractivity contribution in [3.63, 3.8) is 0 Å². The van der Waals surface area contributed by atoms with E-state index in [0.29, 0.717) is 22.8 Å². The molecule has 176 valence electrons. The van der Waals surface area contributed by atoms with Gasteiger partial charge < -0.3 is 25.8 Å². The van der Waals surface area contributed by atoms with Gasteiger partial charge in [-0.3, -0.25) is 4.18 Å². The first-order chi connectivity index (χ1) is 15.8. The van der Waals surface area contributed by atoms with Gasteiger partial charge in [0.15, 0.2) is 11.6 Å². The Bertz CT molecular complexity index is 1160. The molecule has 0 unspecified atom stereocenters. The van der Waals surface area contributed by atoms with E-state index in [1.54, 1.807) is 48.5 Å². The van der Waals surface area contributed by atoms with Crippen molar-refractivity contribution in [2.75, 3.05) is 49.1 Å². The number of ether oxygens (including phenoxy) is 2. The van der Waals surface area contributed by atoms with Crippen molar-refractivity contribution in [1.82, 2.24) is 9.97 Å². The maximum Gasteiger partial charge on any atom is 0.264 e. The number of nitrogens with zero attached hydrogens (tertiary/aromatic N) is 2. The molecule has 0 saturated carbocycles. The van der Waals surface area contributed by atoms with Crippen molar-refractivity contribution < 1.29 is 26.5 Å². The van der Waals surface area contributed by atoms with Crippen molar-refractivity contribution in [3.05, 3.63) is 60.5 Å². The number of nitrogens with one attached hydrogen (secondary N) is 2. The molecule has 12 heteroatoms. The summed E-state index contributed by atoms with van der Waals surface area (Å²) in [4.78, 5) is 8.13. The third-order valence-corrected chi connectivity index (χ3v) is 4.62. The van der Waals surface area contributed by atoms with E-state index in [4.69, 9.17) is 15.2 Å². The Labute approximate surface area is 191 Å². The predicted octanol–water partition coefficient (Wildman–Crippen LogP) is 3.06. The van der Waals surface area contributed by atoms with Crippen molar-refractivity contribution in [2.45, 2.75) is 0 Å². The van der Waals surface area contributed by atoms with Crippen LogP contribution in [0.15, 0.2) is 54.7 Å². The molecule has 33 heavy (non-hydrogen) atoms. The molecule has 0 saturated heterocycles. The van der Waals surface area contributed by atoms with Gasteiger partial charge in [0.25, 0.3) is 10.1 Å². The van der Waals surface area contributed by atoms with Crippen molar-refractivity contribution >= 4 is 38.9 Å². The third-order valence-electron chi connectivity index (χ3n) is 4.03. The first-order valence-electron chi connectivity index (χ1n) is 9.86. The molecule has 2 aromatic carbocycles. The van der Waals surface area contributed by atoms with Crippen LogP contribution in [-0.2, 0) is 19.0 Å². The normalized spacial score (nSPS) is 11.2. The lowest BCUT2D eigenvalue weighted by molar-refractivity contribution is 0.0781. The van der Waals surface area contributed by atoms with Crippen LogP contribution < -0.4 is 21.1 Å². The molecule has 0 aliphatic carbocycles. The van der Waals surface area contributed by atoms with Crippen LogP contribution in [0.5, 0.6) is 5.75 Å². The Hall–Kier alpha value is -3.48. The maximum atomic E-state index is 14.1. The average Bonchev–Trinajstić information content (AvgIpc) is 2.76. The van der Waals surface area contributed by atoms with E-state index in [1.165, 1.54) is 0 Å². The van der Waals surface area contributed by atoms with Crippen LogP contribution in [0.2, 0.25) is 0 Å². The fourth-order valence-corrected chi connectivity index (χ4v) is 2.97. The van der Waals surface area contributed by atoms with Gasteiger partial charge in [-0.1, -0.05) is 6.07 Å². The highest BCUT2D eigenvalue weighted by atomic mass is 32.2. The fourth-order valence-electron chi connectivity index (χ4n) is 2.60. The molecule has 0 atom stereocenters. The quantitative estimate of drug-likeness (QED) is 0.203. The van der Waals surface area contributed by atoms with Crippen molar-refractivity contribution in [2.24, 2.45) is 0 Å². The molecular formula is C21H24FN5O5S. The highest BCUT2D eigenvalue weighted by Crippen LogP contribution is 2.22. The van der Waals surface area contributed by atoms with Crippen LogP contribution in [0.3, 0.4) is 0 Å². The lowest BCUT2D eigenvalue weighted by Crippen LogP contribution is -2.13. The second-order valence-corrected chi connectivity index (χ2v) is 8.42. The Morgan fingerprint density at radius 1 is 1.00 bits per heavy atom. The number of nitrogens with two attached hydrogens (primary N) is 1. The number of halogens is 1. The van der Waals surface area contributed by atoms with Crippen LogP contribution in [-0.4, -0.2) is 51.1 Å². The molecule has 1 heterocycles. The molecule has 0 fully saturated rings. The van der Waals surface area contributed by atoms with Crippen LogP contribution in [0.1, 0.15) is 0 Å². The molecule has 0 spiro atoms. The summed E-state index contributed by atoms with van der Waals surface area (Å²) in [7, 11) is -3.46. The lowest BCUT2D eigenvalue weighted by atomic mass is 10.3. The number of aromatic nitrogens is 2. The molecule has 0 radical (unpaired) electrons. The third kappa shape index (κ3) is 8.52. The number of nitrogen functional groups attached to an aromatic ring is 1. The van der Waals surface area contributed by atoms with E-state index in [-0.39, 0.29) is 38.2 Å². The number of benzene rings is 2. The minimum absolute atomic E-state index is 0.0139. The first kappa shape index (κ1) is 24.2. The van der Waals surface area contributed by atoms with E-state index in [9.17, 15) is 12.8 Å². The first-order valence-corrected chi connectivity index (χ1v) is 11.7. The van der Waals surface area contributed by atoms with Crippen LogP contribution in [0.25, 0.3) is 0 Å². The zero-order valence-corrected chi connectivity index (χ0v) is 18.6. The summed E-state index contributed by atoms with van der Waals surface area (Å²) < 4.78 is 51.1. The Morgan fingerprint density at radius 3 is 2.48 bits per heavy atom. The molecule has 4 N–H and O–H groups in total. The summed E-state index contributed by atoms with van der Waals surface area (Å²) in [6, 6.07) is 13.9. The fraction of sp³-hybridized carbons (Fsp3) is 0.238. The molecule has 3 rings (SSSR count). The van der Waals surface area contributed by atoms with Crippen molar-refractivity contribution in [1.29, 1.82) is 0 Å². The molecule has 0 amide bonds. The van der Waals surface area contributed by atoms with Gasteiger partial charge in [-0.05, 0) is 42.5 Å². The highest BCUT2D eigenvalue weighted by Gasteiger charge is 2.08. The Morgan fingerprint density at radius 2 is 1.76 bits per heavy atom. The smallest absolute Gasteiger partial charge is 0.264 e. The van der Waals surface area contributed by atoms with E-state index in [1.807, 2.05) is 0 Å². The second kappa shape index (κ2) is 11.4. The summed E-state index contributed by atoms with van der Waals surface area (Å²) in [5.41, 5.74) is 7.57. The topological polar surface area (TPSA) is 138 Å². The Balaban J connectivity index is 1.47. The SMILES string of the molecule is CS(=O)(=O)OCCOCCOc1ccc(Nc2ncc(F)c(Nc3cccc(N)c3)n2)cc1. The monoisotopic (exact) mass is 477 g/mol. The molecule has 0 aliphatic heterocycles. The van der Waals surface area contributed by atoms with Gasteiger partial charge in [0.2, 0.25) is 5.95 Å². The summed E-state index contributed by atoms with van der Waals surface area (Å²) in [6.07, 6.45) is 2.05. The van der Waals surface area contributed by atoms with Gasteiger partial charge in [-0.2, -0.15) is 13.4 Å². The Kier molecular flexibility index (Phi) is 8.35. The van der Waals surface area contributed by atoms with E-state index >= 15 is 0 Å². The van der Waals surface area contributed by atoms with Gasteiger partial charge in [-0.15, -0.1) is 0 Å². The maximum absolute atomic E-state index is 14.1. The van der Waals surface area contributed by atoms with E-state index in [2.05, 4.69) is 24.8 Å². The van der Waals surface area contributed by atoms with Gasteiger partial charge in [0.05, 0.1) is 32.3 Å². The summed E-state index contributed by atoms with van der Waals surface area (Å²) >= 11 is 0. The number of hydrogen-bond donors (Lipinski definition) is 3. The van der Waals surface area contributed by atoms with Crippen molar-refractivity contribution in [3.8, 4) is 5.75 Å². The van der Waals surface area contributed by atoms with Crippen LogP contribution in [0, 0.1) is 5.82 Å². The molecular weight excluding hydrogens is 453 g/mol. The minimum Gasteiger partial charge on any atom is -0.491 e. The molecule has 1 aromatic heterocycles. The van der Waals surface area contributed by atoms with E-state index in [0.717, 1.165) is 12.5 Å².